The SMILES string of the molecule is C=Cc1ccnc(Oc2ccc(C)cc2F)c1C(=O)OCC. The number of aryl methyl sites for hydroxylation is 1. The zero-order chi connectivity index (χ0) is 16.1. The van der Waals surface area contributed by atoms with Gasteiger partial charge < -0.3 is 9.47 Å². The van der Waals surface area contributed by atoms with Gasteiger partial charge in [-0.15, -0.1) is 0 Å². The summed E-state index contributed by atoms with van der Waals surface area (Å²) in [4.78, 5) is 16.1. The van der Waals surface area contributed by atoms with Gasteiger partial charge in [0.1, 0.15) is 5.56 Å². The summed E-state index contributed by atoms with van der Waals surface area (Å²) < 4.78 is 24.4. The van der Waals surface area contributed by atoms with Crippen molar-refractivity contribution >= 4 is 12.0 Å². The number of pyridine rings is 1. The number of rotatable bonds is 5. The third-order valence-corrected chi connectivity index (χ3v) is 2.94. The number of aromatic nitrogens is 1. The highest BCUT2D eigenvalue weighted by molar-refractivity contribution is 5.96. The van der Waals surface area contributed by atoms with Crippen LogP contribution in [0.5, 0.6) is 11.6 Å². The zero-order valence-electron chi connectivity index (χ0n) is 12.4. The Bertz CT molecular complexity index is 713. The first-order valence-corrected chi connectivity index (χ1v) is 6.79. The van der Waals surface area contributed by atoms with Crippen LogP contribution >= 0.6 is 0 Å². The van der Waals surface area contributed by atoms with Gasteiger partial charge in [0, 0.05) is 6.20 Å². The van der Waals surface area contributed by atoms with E-state index in [4.69, 9.17) is 9.47 Å². The van der Waals surface area contributed by atoms with Crippen LogP contribution in [0.4, 0.5) is 4.39 Å². The molecule has 1 aromatic carbocycles. The molecule has 2 aromatic rings. The molecule has 0 aliphatic rings. The van der Waals surface area contributed by atoms with Crippen molar-refractivity contribution in [3.63, 3.8) is 0 Å². The molecule has 2 rings (SSSR count). The summed E-state index contributed by atoms with van der Waals surface area (Å²) in [6.07, 6.45) is 2.95. The molecule has 22 heavy (non-hydrogen) atoms. The lowest BCUT2D eigenvalue weighted by Crippen LogP contribution is -2.10. The van der Waals surface area contributed by atoms with Crippen LogP contribution in [-0.2, 0) is 4.74 Å². The highest BCUT2D eigenvalue weighted by Crippen LogP contribution is 2.29. The summed E-state index contributed by atoms with van der Waals surface area (Å²) in [5.41, 5.74) is 1.40. The second-order valence-corrected chi connectivity index (χ2v) is 4.54. The molecule has 0 saturated carbocycles. The molecule has 0 atom stereocenters. The van der Waals surface area contributed by atoms with E-state index < -0.39 is 11.8 Å². The van der Waals surface area contributed by atoms with Crippen LogP contribution in [0, 0.1) is 12.7 Å². The van der Waals surface area contributed by atoms with Crippen LogP contribution < -0.4 is 4.74 Å². The summed E-state index contributed by atoms with van der Waals surface area (Å²) in [5, 5.41) is 0. The minimum atomic E-state index is -0.590. The predicted molar refractivity (Wildman–Crippen MR) is 81.5 cm³/mol. The van der Waals surface area contributed by atoms with Gasteiger partial charge in [-0.1, -0.05) is 18.7 Å². The van der Waals surface area contributed by atoms with E-state index in [2.05, 4.69) is 11.6 Å². The van der Waals surface area contributed by atoms with Crippen LogP contribution in [0.1, 0.15) is 28.4 Å². The van der Waals surface area contributed by atoms with E-state index in [0.717, 1.165) is 5.56 Å². The van der Waals surface area contributed by atoms with Crippen LogP contribution in [0.25, 0.3) is 6.08 Å². The van der Waals surface area contributed by atoms with E-state index in [1.54, 1.807) is 26.0 Å². The highest BCUT2D eigenvalue weighted by atomic mass is 19.1. The van der Waals surface area contributed by atoms with Crippen LogP contribution in [0.2, 0.25) is 0 Å². The number of ether oxygens (including phenoxy) is 2. The summed E-state index contributed by atoms with van der Waals surface area (Å²) >= 11 is 0. The van der Waals surface area contributed by atoms with Crippen molar-refractivity contribution in [1.29, 1.82) is 0 Å². The third kappa shape index (κ3) is 3.31. The van der Waals surface area contributed by atoms with Crippen molar-refractivity contribution in [3.8, 4) is 11.6 Å². The van der Waals surface area contributed by atoms with Crippen LogP contribution in [-0.4, -0.2) is 17.6 Å². The Hall–Kier alpha value is -2.69. The molecule has 1 aromatic heterocycles. The Morgan fingerprint density at radius 2 is 2.18 bits per heavy atom. The number of carbonyl (C=O) groups excluding carboxylic acids is 1. The standard InChI is InChI=1S/C17H16FNO3/c1-4-12-8-9-19-16(15(12)17(20)21-5-2)22-14-7-6-11(3)10-13(14)18/h4,6-10H,1,5H2,2-3H3. The largest absolute Gasteiger partial charge is 0.462 e. The zero-order valence-corrected chi connectivity index (χ0v) is 12.4. The molecule has 0 fully saturated rings. The smallest absolute Gasteiger partial charge is 0.344 e. The van der Waals surface area contributed by atoms with Gasteiger partial charge >= 0.3 is 5.97 Å². The molecule has 0 saturated heterocycles. The average Bonchev–Trinajstić information content (AvgIpc) is 2.50. The maximum absolute atomic E-state index is 13.9. The van der Waals surface area contributed by atoms with Gasteiger partial charge in [0.05, 0.1) is 6.61 Å². The minimum Gasteiger partial charge on any atom is -0.462 e. The number of nitrogens with zero attached hydrogens (tertiary/aromatic N) is 1. The van der Waals surface area contributed by atoms with Gasteiger partial charge in [-0.05, 0) is 43.2 Å². The van der Waals surface area contributed by atoms with E-state index in [0.29, 0.717) is 5.56 Å². The molecule has 4 nitrogen and oxygen atoms in total. The van der Waals surface area contributed by atoms with Crippen molar-refractivity contribution < 1.29 is 18.7 Å². The molecule has 0 bridgehead atoms. The van der Waals surface area contributed by atoms with Crippen molar-refractivity contribution in [1.82, 2.24) is 4.98 Å². The van der Waals surface area contributed by atoms with Crippen molar-refractivity contribution in [2.45, 2.75) is 13.8 Å². The number of esters is 1. The van der Waals surface area contributed by atoms with Crippen molar-refractivity contribution in [2.24, 2.45) is 0 Å². The molecule has 0 radical (unpaired) electrons. The lowest BCUT2D eigenvalue weighted by Gasteiger charge is -2.12. The Labute approximate surface area is 128 Å². The van der Waals surface area contributed by atoms with E-state index in [9.17, 15) is 9.18 Å². The first kappa shape index (κ1) is 15.7. The molecule has 0 N–H and O–H groups in total. The molecule has 114 valence electrons. The fourth-order valence-corrected chi connectivity index (χ4v) is 1.91. The van der Waals surface area contributed by atoms with Gasteiger partial charge in [-0.25, -0.2) is 14.2 Å². The van der Waals surface area contributed by atoms with Crippen LogP contribution in [0.15, 0.2) is 37.0 Å². The highest BCUT2D eigenvalue weighted by Gasteiger charge is 2.20. The fourth-order valence-electron chi connectivity index (χ4n) is 1.91. The molecule has 1 heterocycles. The Kier molecular flexibility index (Phi) is 4.88. The normalized spacial score (nSPS) is 10.1. The maximum Gasteiger partial charge on any atom is 0.344 e. The first-order chi connectivity index (χ1) is 10.6. The molecule has 0 spiro atoms. The minimum absolute atomic E-state index is 0.00939. The van der Waals surface area contributed by atoms with Crippen molar-refractivity contribution in [2.75, 3.05) is 6.61 Å². The summed E-state index contributed by atoms with van der Waals surface area (Å²) in [6.45, 7) is 7.32. The molecule has 0 amide bonds. The quantitative estimate of drug-likeness (QED) is 0.779. The third-order valence-electron chi connectivity index (χ3n) is 2.94. The number of halogens is 1. The van der Waals surface area contributed by atoms with E-state index in [1.165, 1.54) is 24.4 Å². The molecular formula is C17H16FNO3. The molecule has 0 aliphatic carbocycles. The number of hydrogen-bond donors (Lipinski definition) is 0. The molecule has 5 heteroatoms. The lowest BCUT2D eigenvalue weighted by molar-refractivity contribution is 0.0522. The van der Waals surface area contributed by atoms with Gasteiger partial charge in [0.25, 0.3) is 0 Å². The van der Waals surface area contributed by atoms with E-state index >= 15 is 0 Å². The molecule has 0 unspecified atom stereocenters. The van der Waals surface area contributed by atoms with E-state index in [1.807, 2.05) is 0 Å². The van der Waals surface area contributed by atoms with Crippen LogP contribution in [0.3, 0.4) is 0 Å². The summed E-state index contributed by atoms with van der Waals surface area (Å²) in [6, 6.07) is 6.15. The van der Waals surface area contributed by atoms with Gasteiger partial charge in [-0.3, -0.25) is 0 Å². The van der Waals surface area contributed by atoms with Gasteiger partial charge in [0.2, 0.25) is 5.88 Å². The predicted octanol–water partition coefficient (Wildman–Crippen LogP) is 4.14. The Morgan fingerprint density at radius 3 is 2.82 bits per heavy atom. The number of benzene rings is 1. The lowest BCUT2D eigenvalue weighted by atomic mass is 10.1. The monoisotopic (exact) mass is 301 g/mol. The topological polar surface area (TPSA) is 48.4 Å². The molecular weight excluding hydrogens is 285 g/mol. The van der Waals surface area contributed by atoms with Crippen molar-refractivity contribution in [3.05, 3.63) is 59.5 Å². The summed E-state index contributed by atoms with van der Waals surface area (Å²) in [7, 11) is 0. The Balaban J connectivity index is 2.46. The van der Waals surface area contributed by atoms with E-state index in [-0.39, 0.29) is 23.8 Å². The first-order valence-electron chi connectivity index (χ1n) is 6.79. The Morgan fingerprint density at radius 1 is 1.41 bits per heavy atom. The number of carbonyl (C=O) groups is 1. The second-order valence-electron chi connectivity index (χ2n) is 4.54. The van der Waals surface area contributed by atoms with Gasteiger partial charge in [0.15, 0.2) is 11.6 Å². The number of hydrogen-bond acceptors (Lipinski definition) is 4. The van der Waals surface area contributed by atoms with Gasteiger partial charge in [-0.2, -0.15) is 0 Å². The summed E-state index contributed by atoms with van der Waals surface area (Å²) in [5.74, 6) is -1.14. The second kappa shape index (κ2) is 6.85. The maximum atomic E-state index is 13.9. The molecule has 0 aliphatic heterocycles. The fraction of sp³-hybridized carbons (Fsp3) is 0.176. The average molecular weight is 301 g/mol.